The molecule has 0 saturated carbocycles. The van der Waals surface area contributed by atoms with Crippen molar-refractivity contribution in [3.63, 3.8) is 0 Å². The maximum absolute atomic E-state index is 11.9. The second kappa shape index (κ2) is 6.76. The summed E-state index contributed by atoms with van der Waals surface area (Å²) < 4.78 is 17.7. The van der Waals surface area contributed by atoms with Crippen LogP contribution in [0.25, 0.3) is 0 Å². The number of nitrogens with zero attached hydrogens (tertiary/aromatic N) is 2. The summed E-state index contributed by atoms with van der Waals surface area (Å²) in [5.74, 6) is 0.0428. The van der Waals surface area contributed by atoms with E-state index in [4.69, 9.17) is 13.9 Å². The van der Waals surface area contributed by atoms with Crippen LogP contribution in [0, 0.1) is 0 Å². The van der Waals surface area contributed by atoms with Crippen LogP contribution in [0.5, 0.6) is 0 Å². The molecule has 7 heteroatoms. The molecule has 22 heavy (non-hydrogen) atoms. The van der Waals surface area contributed by atoms with Crippen molar-refractivity contribution in [3.05, 3.63) is 41.6 Å². The molecule has 1 aliphatic rings. The molecule has 0 saturated heterocycles. The van der Waals surface area contributed by atoms with Crippen LogP contribution in [0.3, 0.4) is 0 Å². The lowest BCUT2D eigenvalue weighted by atomic mass is 10.1. The van der Waals surface area contributed by atoms with Crippen molar-refractivity contribution in [1.82, 2.24) is 15.1 Å². The molecule has 1 aliphatic heterocycles. The SMILES string of the molecule is COCCn1cc2c(n1)[C@@H](CNC(=O)c1ccco1)OCC2. The van der Waals surface area contributed by atoms with Gasteiger partial charge in [-0.1, -0.05) is 0 Å². The first-order valence-corrected chi connectivity index (χ1v) is 7.26. The molecule has 0 unspecified atom stereocenters. The van der Waals surface area contributed by atoms with Crippen molar-refractivity contribution in [1.29, 1.82) is 0 Å². The second-order valence-electron chi connectivity index (χ2n) is 5.09. The first-order valence-electron chi connectivity index (χ1n) is 7.26. The molecule has 0 radical (unpaired) electrons. The number of amides is 1. The van der Waals surface area contributed by atoms with E-state index in [0.29, 0.717) is 32.1 Å². The molecule has 0 aliphatic carbocycles. The molecular weight excluding hydrogens is 286 g/mol. The van der Waals surface area contributed by atoms with Gasteiger partial charge in [-0.25, -0.2) is 0 Å². The third-order valence-electron chi connectivity index (χ3n) is 3.58. The van der Waals surface area contributed by atoms with Crippen molar-refractivity contribution in [2.75, 3.05) is 26.9 Å². The van der Waals surface area contributed by atoms with Crippen LogP contribution in [-0.4, -0.2) is 42.6 Å². The third-order valence-corrected chi connectivity index (χ3v) is 3.58. The lowest BCUT2D eigenvalue weighted by molar-refractivity contribution is 0.0379. The van der Waals surface area contributed by atoms with Crippen molar-refractivity contribution < 1.29 is 18.7 Å². The number of nitrogens with one attached hydrogen (secondary N) is 1. The zero-order chi connectivity index (χ0) is 15.4. The van der Waals surface area contributed by atoms with Gasteiger partial charge in [-0.15, -0.1) is 0 Å². The number of carbonyl (C=O) groups is 1. The van der Waals surface area contributed by atoms with E-state index in [9.17, 15) is 4.79 Å². The van der Waals surface area contributed by atoms with Crippen molar-refractivity contribution >= 4 is 5.91 Å². The van der Waals surface area contributed by atoms with E-state index < -0.39 is 0 Å². The molecule has 7 nitrogen and oxygen atoms in total. The molecule has 3 heterocycles. The van der Waals surface area contributed by atoms with E-state index in [2.05, 4.69) is 10.4 Å². The Balaban J connectivity index is 1.64. The molecule has 0 spiro atoms. The van der Waals surface area contributed by atoms with E-state index in [1.165, 1.54) is 11.8 Å². The summed E-state index contributed by atoms with van der Waals surface area (Å²) in [7, 11) is 1.67. The number of hydrogen-bond acceptors (Lipinski definition) is 5. The van der Waals surface area contributed by atoms with Crippen LogP contribution >= 0.6 is 0 Å². The van der Waals surface area contributed by atoms with Gasteiger partial charge in [0.2, 0.25) is 0 Å². The highest BCUT2D eigenvalue weighted by molar-refractivity contribution is 5.91. The van der Waals surface area contributed by atoms with Gasteiger partial charge in [-0.3, -0.25) is 9.48 Å². The minimum absolute atomic E-state index is 0.230. The van der Waals surface area contributed by atoms with Crippen molar-refractivity contribution in [2.24, 2.45) is 0 Å². The normalized spacial score (nSPS) is 17.2. The van der Waals surface area contributed by atoms with Gasteiger partial charge in [-0.05, 0) is 24.1 Å². The number of carbonyl (C=O) groups excluding carboxylic acids is 1. The molecule has 0 bridgehead atoms. The van der Waals surface area contributed by atoms with Crippen LogP contribution in [0.15, 0.2) is 29.0 Å². The Morgan fingerprint density at radius 1 is 1.59 bits per heavy atom. The molecule has 2 aromatic heterocycles. The van der Waals surface area contributed by atoms with E-state index in [1.807, 2.05) is 10.9 Å². The molecule has 1 atom stereocenters. The number of fused-ring (bicyclic) bond motifs is 1. The minimum atomic E-state index is -0.250. The zero-order valence-corrected chi connectivity index (χ0v) is 12.4. The molecular formula is C15H19N3O4. The molecule has 1 N–H and O–H groups in total. The standard InChI is InChI=1S/C15H19N3O4/c1-20-8-5-18-10-11-4-7-22-13(14(11)17-18)9-16-15(19)12-3-2-6-21-12/h2-3,6,10,13H,4-5,7-9H2,1H3,(H,16,19)/t13-/m1/s1. The maximum Gasteiger partial charge on any atom is 0.287 e. The van der Waals surface area contributed by atoms with Gasteiger partial charge < -0.3 is 19.2 Å². The summed E-state index contributed by atoms with van der Waals surface area (Å²) in [6, 6.07) is 3.31. The summed E-state index contributed by atoms with van der Waals surface area (Å²) in [6.07, 6.45) is 4.11. The maximum atomic E-state index is 11.9. The lowest BCUT2D eigenvalue weighted by Crippen LogP contribution is -2.31. The van der Waals surface area contributed by atoms with Gasteiger partial charge in [-0.2, -0.15) is 5.10 Å². The predicted molar refractivity (Wildman–Crippen MR) is 77.5 cm³/mol. The van der Waals surface area contributed by atoms with Crippen LogP contribution in [0.1, 0.15) is 27.9 Å². The highest BCUT2D eigenvalue weighted by atomic mass is 16.5. The fourth-order valence-electron chi connectivity index (χ4n) is 2.47. The Morgan fingerprint density at radius 2 is 2.50 bits per heavy atom. The molecule has 3 rings (SSSR count). The van der Waals surface area contributed by atoms with E-state index >= 15 is 0 Å². The first-order chi connectivity index (χ1) is 10.8. The zero-order valence-electron chi connectivity index (χ0n) is 12.4. The highest BCUT2D eigenvalue weighted by Gasteiger charge is 2.25. The number of ether oxygens (including phenoxy) is 2. The Morgan fingerprint density at radius 3 is 3.27 bits per heavy atom. The van der Waals surface area contributed by atoms with Gasteiger partial charge in [0, 0.05) is 19.9 Å². The Hall–Kier alpha value is -2.12. The van der Waals surface area contributed by atoms with Crippen LogP contribution in [0.4, 0.5) is 0 Å². The van der Waals surface area contributed by atoms with Gasteiger partial charge >= 0.3 is 0 Å². The number of rotatable bonds is 6. The van der Waals surface area contributed by atoms with Gasteiger partial charge in [0.1, 0.15) is 6.10 Å². The van der Waals surface area contributed by atoms with Crippen LogP contribution < -0.4 is 5.32 Å². The average Bonchev–Trinajstić information content (AvgIpc) is 3.19. The molecule has 1 amide bonds. The van der Waals surface area contributed by atoms with E-state index in [-0.39, 0.29) is 12.0 Å². The van der Waals surface area contributed by atoms with Crippen molar-refractivity contribution in [2.45, 2.75) is 19.1 Å². The largest absolute Gasteiger partial charge is 0.459 e. The first kappa shape index (κ1) is 14.8. The molecule has 0 aromatic carbocycles. The summed E-state index contributed by atoms with van der Waals surface area (Å²) in [6.45, 7) is 2.31. The van der Waals surface area contributed by atoms with E-state index in [0.717, 1.165) is 12.1 Å². The summed E-state index contributed by atoms with van der Waals surface area (Å²) in [5, 5.41) is 7.36. The number of furan rings is 1. The Kier molecular flexibility index (Phi) is 4.55. The quantitative estimate of drug-likeness (QED) is 0.866. The Bertz CT molecular complexity index is 621. The topological polar surface area (TPSA) is 78.5 Å². The predicted octanol–water partition coefficient (Wildman–Crippen LogP) is 1.17. The lowest BCUT2D eigenvalue weighted by Gasteiger charge is -2.22. The third kappa shape index (κ3) is 3.20. The summed E-state index contributed by atoms with van der Waals surface area (Å²) >= 11 is 0. The molecule has 118 valence electrons. The number of methoxy groups -OCH3 is 1. The van der Waals surface area contributed by atoms with Gasteiger partial charge in [0.05, 0.1) is 31.7 Å². The summed E-state index contributed by atoms with van der Waals surface area (Å²) in [4.78, 5) is 11.9. The highest BCUT2D eigenvalue weighted by Crippen LogP contribution is 2.25. The van der Waals surface area contributed by atoms with Gasteiger partial charge in [0.15, 0.2) is 5.76 Å². The average molecular weight is 305 g/mol. The number of hydrogen-bond donors (Lipinski definition) is 1. The van der Waals surface area contributed by atoms with Crippen LogP contribution in [-0.2, 0) is 22.4 Å². The fourth-order valence-corrected chi connectivity index (χ4v) is 2.47. The van der Waals surface area contributed by atoms with E-state index in [1.54, 1.807) is 19.2 Å². The second-order valence-corrected chi connectivity index (χ2v) is 5.09. The molecule has 2 aromatic rings. The minimum Gasteiger partial charge on any atom is -0.459 e. The molecule has 0 fully saturated rings. The summed E-state index contributed by atoms with van der Waals surface area (Å²) in [5.41, 5.74) is 2.06. The fraction of sp³-hybridized carbons (Fsp3) is 0.467. The van der Waals surface area contributed by atoms with Crippen molar-refractivity contribution in [3.8, 4) is 0 Å². The monoisotopic (exact) mass is 305 g/mol. The van der Waals surface area contributed by atoms with Gasteiger partial charge in [0.25, 0.3) is 5.91 Å². The number of aromatic nitrogens is 2. The Labute approximate surface area is 128 Å². The smallest absolute Gasteiger partial charge is 0.287 e. The van der Waals surface area contributed by atoms with Crippen LogP contribution in [0.2, 0.25) is 0 Å².